The fourth-order valence-electron chi connectivity index (χ4n) is 5.94. The summed E-state index contributed by atoms with van der Waals surface area (Å²) in [7, 11) is 0. The summed E-state index contributed by atoms with van der Waals surface area (Å²) in [6.07, 6.45) is 7.62. The molecular weight excluding hydrogens is 260 g/mol. The van der Waals surface area contributed by atoms with Gasteiger partial charge in [0.25, 0.3) is 0 Å². The zero-order chi connectivity index (χ0) is 14.0. The largest absolute Gasteiger partial charge is 0.492 e. The van der Waals surface area contributed by atoms with Crippen molar-refractivity contribution < 1.29 is 9.53 Å². The average Bonchev–Trinajstić information content (AvgIpc) is 2.94. The van der Waals surface area contributed by atoms with Crippen LogP contribution >= 0.6 is 0 Å². The van der Waals surface area contributed by atoms with Crippen LogP contribution in [0.5, 0.6) is 5.75 Å². The first kappa shape index (κ1) is 12.3. The van der Waals surface area contributed by atoms with Gasteiger partial charge in [0.05, 0.1) is 12.2 Å². The number of carbonyl (C=O) groups excluding carboxylic acids is 1. The van der Waals surface area contributed by atoms with E-state index < -0.39 is 0 Å². The number of carbonyl (C=O) groups is 1. The molecule has 0 radical (unpaired) electrons. The highest BCUT2D eigenvalue weighted by atomic mass is 16.5. The number of para-hydroxylation sites is 1. The Hall–Kier alpha value is -1.31. The Bertz CT molecular complexity index is 576. The van der Waals surface area contributed by atoms with Gasteiger partial charge in [-0.3, -0.25) is 4.79 Å². The summed E-state index contributed by atoms with van der Waals surface area (Å²) in [4.78, 5) is 13.2. The smallest absolute Gasteiger partial charge is 0.170 e. The van der Waals surface area contributed by atoms with Crippen molar-refractivity contribution >= 4 is 5.78 Å². The monoisotopic (exact) mass is 282 g/mol. The van der Waals surface area contributed by atoms with E-state index in [-0.39, 0.29) is 5.92 Å². The summed E-state index contributed by atoms with van der Waals surface area (Å²) in [5.41, 5.74) is 2.10. The van der Waals surface area contributed by atoms with Crippen LogP contribution in [0, 0.1) is 29.6 Å². The molecule has 2 heteroatoms. The molecule has 4 aliphatic carbocycles. The van der Waals surface area contributed by atoms with Crippen LogP contribution in [-0.4, -0.2) is 12.4 Å². The van der Waals surface area contributed by atoms with E-state index in [2.05, 4.69) is 6.07 Å². The van der Waals surface area contributed by atoms with E-state index in [9.17, 15) is 4.79 Å². The first-order valence-corrected chi connectivity index (χ1v) is 8.58. The zero-order valence-corrected chi connectivity index (χ0v) is 12.4. The van der Waals surface area contributed by atoms with Crippen molar-refractivity contribution in [2.45, 2.75) is 38.5 Å². The van der Waals surface area contributed by atoms with Gasteiger partial charge < -0.3 is 4.74 Å². The van der Waals surface area contributed by atoms with Crippen molar-refractivity contribution in [2.75, 3.05) is 6.61 Å². The predicted octanol–water partition coefficient (Wildman–Crippen LogP) is 3.88. The second kappa shape index (κ2) is 4.34. The fourth-order valence-corrected chi connectivity index (χ4v) is 5.94. The molecule has 0 saturated heterocycles. The minimum Gasteiger partial charge on any atom is -0.492 e. The molecule has 0 aromatic heterocycles. The van der Waals surface area contributed by atoms with Crippen LogP contribution in [-0.2, 0) is 6.42 Å². The summed E-state index contributed by atoms with van der Waals surface area (Å²) in [6.45, 7) is 0.737. The molecule has 0 amide bonds. The van der Waals surface area contributed by atoms with Crippen molar-refractivity contribution in [3.63, 3.8) is 0 Å². The lowest BCUT2D eigenvalue weighted by molar-refractivity contribution is -0.0252. The maximum Gasteiger partial charge on any atom is 0.170 e. The van der Waals surface area contributed by atoms with Gasteiger partial charge in [-0.15, -0.1) is 0 Å². The van der Waals surface area contributed by atoms with E-state index in [4.69, 9.17) is 4.74 Å². The number of fused-ring (bicyclic) bond motifs is 1. The molecule has 4 bridgehead atoms. The van der Waals surface area contributed by atoms with Crippen LogP contribution in [0.15, 0.2) is 18.2 Å². The lowest BCUT2D eigenvalue weighted by Crippen LogP contribution is -2.48. The zero-order valence-electron chi connectivity index (χ0n) is 12.4. The minimum atomic E-state index is 0.286. The van der Waals surface area contributed by atoms with Gasteiger partial charge in [0.15, 0.2) is 5.78 Å². The van der Waals surface area contributed by atoms with E-state index in [1.54, 1.807) is 0 Å². The van der Waals surface area contributed by atoms with Gasteiger partial charge in [-0.25, -0.2) is 0 Å². The summed E-state index contributed by atoms with van der Waals surface area (Å²) < 4.78 is 5.77. The maximum atomic E-state index is 13.2. The van der Waals surface area contributed by atoms with Gasteiger partial charge in [-0.05, 0) is 67.4 Å². The van der Waals surface area contributed by atoms with E-state index in [1.807, 2.05) is 12.1 Å². The summed E-state index contributed by atoms with van der Waals surface area (Å²) in [5.74, 6) is 4.74. The number of hydrogen-bond acceptors (Lipinski definition) is 2. The number of benzene rings is 1. The van der Waals surface area contributed by atoms with Crippen LogP contribution in [0.1, 0.15) is 48.0 Å². The van der Waals surface area contributed by atoms with E-state index >= 15 is 0 Å². The van der Waals surface area contributed by atoms with Crippen LogP contribution in [0.4, 0.5) is 0 Å². The maximum absolute atomic E-state index is 13.2. The minimum absolute atomic E-state index is 0.286. The van der Waals surface area contributed by atoms with Crippen LogP contribution < -0.4 is 4.74 Å². The van der Waals surface area contributed by atoms with Crippen molar-refractivity contribution in [2.24, 2.45) is 29.6 Å². The molecule has 0 spiro atoms. The molecule has 6 rings (SSSR count). The molecule has 0 unspecified atom stereocenters. The third kappa shape index (κ3) is 1.74. The highest BCUT2D eigenvalue weighted by molar-refractivity contribution is 6.01. The van der Waals surface area contributed by atoms with Crippen LogP contribution in [0.2, 0.25) is 0 Å². The standard InChI is InChI=1S/C19H22O2/c20-18(16-3-1-2-13-4-5-21-19(13)16)17-14-7-11-6-12(9-14)10-15(17)8-11/h1-3,11-12,14-15,17H,4-10H2. The van der Waals surface area contributed by atoms with Crippen molar-refractivity contribution in [1.82, 2.24) is 0 Å². The first-order chi connectivity index (χ1) is 10.3. The number of rotatable bonds is 2. The molecule has 21 heavy (non-hydrogen) atoms. The highest BCUT2D eigenvalue weighted by Crippen LogP contribution is 2.57. The normalized spacial score (nSPS) is 39.1. The Balaban J connectivity index is 1.51. The molecule has 1 aromatic carbocycles. The van der Waals surface area contributed by atoms with Crippen LogP contribution in [0.3, 0.4) is 0 Å². The molecule has 5 aliphatic rings. The van der Waals surface area contributed by atoms with Gasteiger partial charge in [-0.2, -0.15) is 0 Å². The molecule has 4 fully saturated rings. The molecule has 0 atom stereocenters. The lowest BCUT2D eigenvalue weighted by atomic mass is 9.51. The summed E-state index contributed by atoms with van der Waals surface area (Å²) in [5, 5.41) is 0. The van der Waals surface area contributed by atoms with Crippen molar-refractivity contribution in [1.29, 1.82) is 0 Å². The van der Waals surface area contributed by atoms with Gasteiger partial charge in [0.2, 0.25) is 0 Å². The van der Waals surface area contributed by atoms with Gasteiger partial charge >= 0.3 is 0 Å². The summed E-state index contributed by atoms with van der Waals surface area (Å²) >= 11 is 0. The lowest BCUT2D eigenvalue weighted by Gasteiger charge is -2.53. The Kier molecular flexibility index (Phi) is 2.54. The third-order valence-corrected chi connectivity index (χ3v) is 6.51. The fraction of sp³-hybridized carbons (Fsp3) is 0.632. The SMILES string of the molecule is O=C(c1cccc2c1OCC2)C1C2CC3CC(C2)CC1C3. The number of hydrogen-bond donors (Lipinski definition) is 0. The third-order valence-electron chi connectivity index (χ3n) is 6.51. The second-order valence-corrected chi connectivity index (χ2v) is 7.71. The number of ketones is 1. The first-order valence-electron chi connectivity index (χ1n) is 8.58. The molecule has 1 aromatic rings. The molecule has 110 valence electrons. The topological polar surface area (TPSA) is 26.3 Å². The number of ether oxygens (including phenoxy) is 1. The van der Waals surface area contributed by atoms with Crippen LogP contribution in [0.25, 0.3) is 0 Å². The van der Waals surface area contributed by atoms with Gasteiger partial charge in [0, 0.05) is 12.3 Å². The number of Topliss-reactive ketones (excluding diaryl/α,β-unsaturated/α-hetero) is 1. The van der Waals surface area contributed by atoms with E-state index in [0.29, 0.717) is 17.6 Å². The van der Waals surface area contributed by atoms with Gasteiger partial charge in [-0.1, -0.05) is 12.1 Å². The molecule has 1 heterocycles. The molecule has 2 nitrogen and oxygen atoms in total. The molecule has 0 N–H and O–H groups in total. The van der Waals surface area contributed by atoms with Crippen molar-refractivity contribution in [3.8, 4) is 5.75 Å². The Morgan fingerprint density at radius 1 is 1.00 bits per heavy atom. The molecule has 1 aliphatic heterocycles. The van der Waals surface area contributed by atoms with Gasteiger partial charge in [0.1, 0.15) is 5.75 Å². The molecular formula is C19H22O2. The summed E-state index contributed by atoms with van der Waals surface area (Å²) in [6, 6.07) is 6.14. The Morgan fingerprint density at radius 2 is 1.71 bits per heavy atom. The Morgan fingerprint density at radius 3 is 2.43 bits per heavy atom. The second-order valence-electron chi connectivity index (χ2n) is 7.71. The quantitative estimate of drug-likeness (QED) is 0.770. The Labute approximate surface area is 125 Å². The van der Waals surface area contributed by atoms with Crippen molar-refractivity contribution in [3.05, 3.63) is 29.3 Å². The van der Waals surface area contributed by atoms with E-state index in [1.165, 1.54) is 37.7 Å². The molecule has 4 saturated carbocycles. The van der Waals surface area contributed by atoms with E-state index in [0.717, 1.165) is 36.2 Å². The highest BCUT2D eigenvalue weighted by Gasteiger charge is 2.51. The predicted molar refractivity (Wildman–Crippen MR) is 80.5 cm³/mol. The average molecular weight is 282 g/mol.